The lowest BCUT2D eigenvalue weighted by molar-refractivity contribution is -0.140. The Balaban J connectivity index is 2.02. The maximum atomic E-state index is 12.9. The van der Waals surface area contributed by atoms with Crippen LogP contribution in [0, 0.1) is 6.92 Å². The Bertz CT molecular complexity index is 712. The SMILES string of the molecule is Cc1ccc(S(=O)(=O)N2CCN([C@H](C)C(=O)N(C(C)C)C(C)C)CC2)s1. The van der Waals surface area contributed by atoms with E-state index in [1.807, 2.05) is 52.5 Å². The number of carbonyl (C=O) groups excluding carboxylic acids is 1. The van der Waals surface area contributed by atoms with E-state index in [-0.39, 0.29) is 24.0 Å². The highest BCUT2D eigenvalue weighted by atomic mass is 32.2. The zero-order valence-electron chi connectivity index (χ0n) is 16.6. The number of nitrogens with zero attached hydrogens (tertiary/aromatic N) is 3. The van der Waals surface area contributed by atoms with Crippen LogP contribution < -0.4 is 0 Å². The van der Waals surface area contributed by atoms with Crippen LogP contribution in [0.2, 0.25) is 0 Å². The van der Waals surface area contributed by atoms with Gasteiger partial charge in [0.15, 0.2) is 0 Å². The number of amides is 1. The molecule has 0 aromatic carbocycles. The Morgan fingerprint density at radius 3 is 2.00 bits per heavy atom. The lowest BCUT2D eigenvalue weighted by Gasteiger charge is -2.40. The molecule has 1 aliphatic rings. The number of sulfonamides is 1. The summed E-state index contributed by atoms with van der Waals surface area (Å²) in [5, 5.41) is 0. The van der Waals surface area contributed by atoms with Crippen molar-refractivity contribution in [3.63, 3.8) is 0 Å². The summed E-state index contributed by atoms with van der Waals surface area (Å²) in [4.78, 5) is 17.9. The van der Waals surface area contributed by atoms with Crippen LogP contribution in [0.25, 0.3) is 0 Å². The number of carbonyl (C=O) groups is 1. The second-order valence-corrected chi connectivity index (χ2v) is 10.9. The molecule has 1 aromatic heterocycles. The van der Waals surface area contributed by atoms with Crippen molar-refractivity contribution in [2.45, 2.75) is 63.9 Å². The molecule has 0 N–H and O–H groups in total. The van der Waals surface area contributed by atoms with Gasteiger partial charge in [-0.25, -0.2) is 8.42 Å². The number of rotatable bonds is 6. The molecule has 1 fully saturated rings. The Hall–Kier alpha value is -0.960. The quantitative estimate of drug-likeness (QED) is 0.734. The maximum Gasteiger partial charge on any atom is 0.252 e. The molecule has 8 heteroatoms. The number of hydrogen-bond acceptors (Lipinski definition) is 5. The molecule has 0 unspecified atom stereocenters. The molecule has 1 amide bonds. The zero-order chi connectivity index (χ0) is 19.6. The lowest BCUT2D eigenvalue weighted by Crippen LogP contribution is -2.57. The van der Waals surface area contributed by atoms with Crippen LogP contribution in [0.4, 0.5) is 0 Å². The van der Waals surface area contributed by atoms with Crippen molar-refractivity contribution in [2.24, 2.45) is 0 Å². The van der Waals surface area contributed by atoms with Gasteiger partial charge in [0.1, 0.15) is 4.21 Å². The fourth-order valence-corrected chi connectivity index (χ4v) is 6.35. The number of piperazine rings is 1. The van der Waals surface area contributed by atoms with Gasteiger partial charge >= 0.3 is 0 Å². The second kappa shape index (κ2) is 8.37. The molecule has 2 heterocycles. The fraction of sp³-hybridized carbons (Fsp3) is 0.722. The highest BCUT2D eigenvalue weighted by molar-refractivity contribution is 7.91. The van der Waals surface area contributed by atoms with Crippen molar-refractivity contribution >= 4 is 27.3 Å². The summed E-state index contributed by atoms with van der Waals surface area (Å²) < 4.78 is 27.4. The smallest absolute Gasteiger partial charge is 0.252 e. The molecule has 1 atom stereocenters. The van der Waals surface area contributed by atoms with E-state index < -0.39 is 10.0 Å². The molecule has 6 nitrogen and oxygen atoms in total. The molecule has 0 bridgehead atoms. The summed E-state index contributed by atoms with van der Waals surface area (Å²) in [6.07, 6.45) is 0. The third-order valence-electron chi connectivity index (χ3n) is 4.86. The van der Waals surface area contributed by atoms with Crippen LogP contribution in [-0.4, -0.2) is 72.7 Å². The van der Waals surface area contributed by atoms with Crippen LogP contribution in [0.5, 0.6) is 0 Å². The van der Waals surface area contributed by atoms with E-state index in [9.17, 15) is 13.2 Å². The van der Waals surface area contributed by atoms with Gasteiger partial charge in [0.2, 0.25) is 5.91 Å². The van der Waals surface area contributed by atoms with Crippen molar-refractivity contribution in [3.05, 3.63) is 17.0 Å². The first-order valence-corrected chi connectivity index (χ1v) is 11.4. The van der Waals surface area contributed by atoms with E-state index >= 15 is 0 Å². The number of thiophene rings is 1. The molecule has 1 saturated heterocycles. The van der Waals surface area contributed by atoms with Gasteiger partial charge in [0.25, 0.3) is 10.0 Å². The van der Waals surface area contributed by atoms with Crippen LogP contribution in [0.3, 0.4) is 0 Å². The summed E-state index contributed by atoms with van der Waals surface area (Å²) >= 11 is 1.31. The van der Waals surface area contributed by atoms with E-state index in [0.29, 0.717) is 30.4 Å². The van der Waals surface area contributed by atoms with Crippen LogP contribution in [-0.2, 0) is 14.8 Å². The third kappa shape index (κ3) is 4.47. The summed E-state index contributed by atoms with van der Waals surface area (Å²) in [7, 11) is -3.42. The Labute approximate surface area is 161 Å². The summed E-state index contributed by atoms with van der Waals surface area (Å²) in [5.41, 5.74) is 0. The minimum absolute atomic E-state index is 0.111. The topological polar surface area (TPSA) is 60.9 Å². The summed E-state index contributed by atoms with van der Waals surface area (Å²) in [6.45, 7) is 13.9. The highest BCUT2D eigenvalue weighted by Crippen LogP contribution is 2.25. The van der Waals surface area contributed by atoms with Crippen molar-refractivity contribution in [1.82, 2.24) is 14.1 Å². The molecule has 0 aliphatic carbocycles. The highest BCUT2D eigenvalue weighted by Gasteiger charge is 2.34. The van der Waals surface area contributed by atoms with Gasteiger partial charge in [-0.15, -0.1) is 11.3 Å². The first-order chi connectivity index (χ1) is 12.1. The van der Waals surface area contributed by atoms with Gasteiger partial charge in [-0.1, -0.05) is 0 Å². The Morgan fingerprint density at radius 1 is 1.04 bits per heavy atom. The lowest BCUT2D eigenvalue weighted by atomic mass is 10.1. The summed E-state index contributed by atoms with van der Waals surface area (Å²) in [5.74, 6) is 0.111. The predicted molar refractivity (Wildman–Crippen MR) is 106 cm³/mol. The minimum Gasteiger partial charge on any atom is -0.336 e. The second-order valence-electron chi connectivity index (χ2n) is 7.41. The van der Waals surface area contributed by atoms with Gasteiger partial charge in [-0.2, -0.15) is 4.31 Å². The van der Waals surface area contributed by atoms with E-state index in [0.717, 1.165) is 4.88 Å². The molecule has 148 valence electrons. The molecule has 0 radical (unpaired) electrons. The number of hydrogen-bond donors (Lipinski definition) is 0. The molecule has 1 aliphatic heterocycles. The third-order valence-corrected chi connectivity index (χ3v) is 8.22. The van der Waals surface area contributed by atoms with Crippen LogP contribution >= 0.6 is 11.3 Å². The van der Waals surface area contributed by atoms with Crippen molar-refractivity contribution in [1.29, 1.82) is 0 Å². The summed E-state index contributed by atoms with van der Waals surface area (Å²) in [6, 6.07) is 3.56. The van der Waals surface area contributed by atoms with Crippen molar-refractivity contribution < 1.29 is 13.2 Å². The van der Waals surface area contributed by atoms with E-state index in [4.69, 9.17) is 0 Å². The minimum atomic E-state index is -3.42. The molecular weight excluding hydrogens is 370 g/mol. The largest absolute Gasteiger partial charge is 0.336 e. The Kier molecular flexibility index (Phi) is 6.87. The van der Waals surface area contributed by atoms with Crippen molar-refractivity contribution in [3.8, 4) is 0 Å². The van der Waals surface area contributed by atoms with Gasteiger partial charge in [0.05, 0.1) is 6.04 Å². The molecular formula is C18H31N3O3S2. The van der Waals surface area contributed by atoms with Crippen LogP contribution in [0.15, 0.2) is 16.3 Å². The van der Waals surface area contributed by atoms with E-state index in [1.54, 1.807) is 6.07 Å². The fourth-order valence-electron chi connectivity index (χ4n) is 3.49. The van der Waals surface area contributed by atoms with E-state index in [1.165, 1.54) is 15.6 Å². The standard InChI is InChI=1S/C18H31N3O3S2/c1-13(2)21(14(3)4)18(22)16(6)19-9-11-20(12-10-19)26(23,24)17-8-7-15(5)25-17/h7-8,13-14,16H,9-12H2,1-6H3/t16-/m1/s1. The average Bonchev–Trinajstić information content (AvgIpc) is 3.01. The predicted octanol–water partition coefficient (Wildman–Crippen LogP) is 2.40. The zero-order valence-corrected chi connectivity index (χ0v) is 18.2. The normalized spacial score (nSPS) is 18.5. The van der Waals surface area contributed by atoms with Gasteiger partial charge in [-0.3, -0.25) is 9.69 Å². The molecule has 0 spiro atoms. The van der Waals surface area contributed by atoms with Crippen LogP contribution in [0.1, 0.15) is 39.5 Å². The van der Waals surface area contributed by atoms with Crippen molar-refractivity contribution in [2.75, 3.05) is 26.2 Å². The van der Waals surface area contributed by atoms with Gasteiger partial charge < -0.3 is 4.90 Å². The average molecular weight is 402 g/mol. The van der Waals surface area contributed by atoms with Gasteiger partial charge in [0, 0.05) is 43.1 Å². The molecule has 1 aromatic rings. The Morgan fingerprint density at radius 2 is 1.58 bits per heavy atom. The van der Waals surface area contributed by atoms with Gasteiger partial charge in [-0.05, 0) is 53.7 Å². The molecule has 26 heavy (non-hydrogen) atoms. The molecule has 0 saturated carbocycles. The maximum absolute atomic E-state index is 12.9. The van der Waals surface area contributed by atoms with E-state index in [2.05, 4.69) is 4.90 Å². The first kappa shape index (κ1) is 21.3. The molecule has 2 rings (SSSR count). The number of aryl methyl sites for hydroxylation is 1. The monoisotopic (exact) mass is 401 g/mol. The first-order valence-electron chi connectivity index (χ1n) is 9.18.